The fraction of sp³-hybridized carbons (Fsp3) is 0.0870. The molecule has 0 atom stereocenters. The van der Waals surface area contributed by atoms with Crippen LogP contribution in [0.3, 0.4) is 0 Å². The van der Waals surface area contributed by atoms with Gasteiger partial charge in [0.05, 0.1) is 27.8 Å². The van der Waals surface area contributed by atoms with Gasteiger partial charge in [-0.3, -0.25) is 0 Å². The van der Waals surface area contributed by atoms with Crippen LogP contribution >= 0.6 is 0 Å². The standard InChI is InChI=1S/C42H28N2.C4H10/c1-3-13-29(14-4-1)30-23-25-31(26-24-30)33-17-7-10-20-36(33)44-38-22-12-9-19-35(38)42-40(44)28-27-39-41(42)34-18-8-11-21-37(34)43(39)32-15-5-2-6-16-32;1-3-4-2/h1-28H;3-4H2,1-2H3. The molecule has 0 aliphatic heterocycles. The smallest absolute Gasteiger partial charge is 0.0549 e. The molecule has 9 aromatic rings. The second-order valence-electron chi connectivity index (χ2n) is 12.4. The van der Waals surface area contributed by atoms with Crippen LogP contribution in [-0.2, 0) is 0 Å². The van der Waals surface area contributed by atoms with E-state index in [1.807, 2.05) is 0 Å². The molecule has 2 heterocycles. The average molecular weight is 619 g/mol. The Hall–Kier alpha value is -5.86. The molecular weight excluding hydrogens is 581 g/mol. The number of benzene rings is 7. The molecule has 0 saturated carbocycles. The number of hydrogen-bond donors (Lipinski definition) is 0. The first-order valence-corrected chi connectivity index (χ1v) is 17.0. The van der Waals surface area contributed by atoms with E-state index in [4.69, 9.17) is 0 Å². The van der Waals surface area contributed by atoms with Crippen LogP contribution in [0.2, 0.25) is 0 Å². The SMILES string of the molecule is CCCC.c1ccc(-c2ccc(-c3ccccc3-n3c4ccccc4c4c5c6ccccc6n(-c6ccccc6)c5ccc43)cc2)cc1. The summed E-state index contributed by atoms with van der Waals surface area (Å²) in [6.07, 6.45) is 2.64. The van der Waals surface area contributed by atoms with Gasteiger partial charge in [-0.05, 0) is 59.2 Å². The maximum absolute atomic E-state index is 2.46. The minimum absolute atomic E-state index is 1.17. The zero-order valence-corrected chi connectivity index (χ0v) is 27.5. The van der Waals surface area contributed by atoms with Crippen molar-refractivity contribution in [1.29, 1.82) is 0 Å². The maximum Gasteiger partial charge on any atom is 0.0549 e. The lowest BCUT2D eigenvalue weighted by Gasteiger charge is -2.14. The van der Waals surface area contributed by atoms with Crippen LogP contribution in [0, 0.1) is 0 Å². The van der Waals surface area contributed by atoms with Crippen molar-refractivity contribution in [3.63, 3.8) is 0 Å². The van der Waals surface area contributed by atoms with Crippen molar-refractivity contribution in [1.82, 2.24) is 9.13 Å². The van der Waals surface area contributed by atoms with Gasteiger partial charge in [-0.25, -0.2) is 0 Å². The number of fused-ring (bicyclic) bond motifs is 7. The molecule has 0 unspecified atom stereocenters. The maximum atomic E-state index is 2.46. The highest BCUT2D eigenvalue weighted by Gasteiger charge is 2.21. The number of hydrogen-bond acceptors (Lipinski definition) is 0. The third-order valence-corrected chi connectivity index (χ3v) is 9.43. The lowest BCUT2D eigenvalue weighted by molar-refractivity contribution is 0.886. The van der Waals surface area contributed by atoms with Gasteiger partial charge in [0.15, 0.2) is 0 Å². The van der Waals surface area contributed by atoms with Gasteiger partial charge >= 0.3 is 0 Å². The second kappa shape index (κ2) is 12.7. The van der Waals surface area contributed by atoms with Crippen molar-refractivity contribution in [3.8, 4) is 33.6 Å². The summed E-state index contributed by atoms with van der Waals surface area (Å²) in [5.41, 5.74) is 12.1. The molecule has 0 saturated heterocycles. The van der Waals surface area contributed by atoms with Gasteiger partial charge in [0.25, 0.3) is 0 Å². The summed E-state index contributed by atoms with van der Waals surface area (Å²) in [5, 5.41) is 5.11. The number of nitrogens with zero attached hydrogens (tertiary/aromatic N) is 2. The van der Waals surface area contributed by atoms with E-state index in [9.17, 15) is 0 Å². The molecule has 7 aromatic carbocycles. The van der Waals surface area contributed by atoms with Gasteiger partial charge in [-0.1, -0.05) is 154 Å². The first-order valence-electron chi connectivity index (χ1n) is 17.0. The molecule has 2 heteroatoms. The van der Waals surface area contributed by atoms with E-state index in [0.29, 0.717) is 0 Å². The predicted octanol–water partition coefficient (Wildman–Crippen LogP) is 13.0. The van der Waals surface area contributed by atoms with Crippen LogP contribution in [0.5, 0.6) is 0 Å². The summed E-state index contributed by atoms with van der Waals surface area (Å²) in [7, 11) is 0. The molecule has 0 N–H and O–H groups in total. The molecule has 2 aromatic heterocycles. The van der Waals surface area contributed by atoms with Gasteiger partial charge in [0, 0.05) is 32.8 Å². The molecule has 0 amide bonds. The first-order chi connectivity index (χ1) is 23.8. The Labute approximate surface area is 282 Å². The number of rotatable bonds is 5. The Kier molecular flexibility index (Phi) is 7.84. The van der Waals surface area contributed by atoms with Crippen molar-refractivity contribution in [2.75, 3.05) is 0 Å². The Morgan fingerprint density at radius 1 is 0.354 bits per heavy atom. The highest BCUT2D eigenvalue weighted by Crippen LogP contribution is 2.43. The van der Waals surface area contributed by atoms with Gasteiger partial charge < -0.3 is 9.13 Å². The van der Waals surface area contributed by atoms with Crippen LogP contribution in [0.25, 0.3) is 77.2 Å². The highest BCUT2D eigenvalue weighted by atomic mass is 15.0. The Bertz CT molecular complexity index is 2500. The topological polar surface area (TPSA) is 9.86 Å². The third kappa shape index (κ3) is 4.98. The van der Waals surface area contributed by atoms with Crippen LogP contribution < -0.4 is 0 Å². The highest BCUT2D eigenvalue weighted by molar-refractivity contribution is 6.29. The van der Waals surface area contributed by atoms with Crippen molar-refractivity contribution < 1.29 is 0 Å². The summed E-state index contributed by atoms with van der Waals surface area (Å²) in [5.74, 6) is 0. The lowest BCUT2D eigenvalue weighted by Crippen LogP contribution is -1.97. The molecule has 48 heavy (non-hydrogen) atoms. The molecule has 0 bridgehead atoms. The van der Waals surface area contributed by atoms with Crippen LogP contribution in [-0.4, -0.2) is 9.13 Å². The first kappa shape index (κ1) is 29.5. The fourth-order valence-corrected chi connectivity index (χ4v) is 7.02. The van der Waals surface area contributed by atoms with Crippen molar-refractivity contribution in [2.24, 2.45) is 0 Å². The van der Waals surface area contributed by atoms with Crippen molar-refractivity contribution in [3.05, 3.63) is 170 Å². The molecule has 0 aliphatic rings. The zero-order chi connectivity index (χ0) is 32.5. The molecule has 232 valence electrons. The lowest BCUT2D eigenvalue weighted by atomic mass is 9.99. The predicted molar refractivity (Wildman–Crippen MR) is 207 cm³/mol. The molecule has 0 aliphatic carbocycles. The molecule has 0 spiro atoms. The van der Waals surface area contributed by atoms with Gasteiger partial charge in [-0.2, -0.15) is 0 Å². The van der Waals surface area contributed by atoms with Gasteiger partial charge in [0.1, 0.15) is 0 Å². The van der Waals surface area contributed by atoms with E-state index in [1.165, 1.54) is 90.1 Å². The number of para-hydroxylation sites is 4. The molecule has 0 fully saturated rings. The largest absolute Gasteiger partial charge is 0.309 e. The van der Waals surface area contributed by atoms with E-state index in [2.05, 4.69) is 193 Å². The van der Waals surface area contributed by atoms with Crippen LogP contribution in [0.15, 0.2) is 170 Å². The monoisotopic (exact) mass is 618 g/mol. The van der Waals surface area contributed by atoms with Crippen molar-refractivity contribution >= 4 is 43.6 Å². The average Bonchev–Trinajstić information content (AvgIpc) is 3.68. The summed E-state index contributed by atoms with van der Waals surface area (Å²) >= 11 is 0. The molecule has 2 nitrogen and oxygen atoms in total. The Morgan fingerprint density at radius 3 is 1.44 bits per heavy atom. The summed E-state index contributed by atoms with van der Waals surface area (Å²) in [4.78, 5) is 0. The van der Waals surface area contributed by atoms with E-state index in [-0.39, 0.29) is 0 Å². The zero-order valence-electron chi connectivity index (χ0n) is 27.5. The van der Waals surface area contributed by atoms with Crippen molar-refractivity contribution in [2.45, 2.75) is 26.7 Å². The van der Waals surface area contributed by atoms with E-state index in [0.717, 1.165) is 0 Å². The molecule has 9 rings (SSSR count). The Balaban J connectivity index is 0.000000799. The summed E-state index contributed by atoms with van der Waals surface area (Å²) in [6, 6.07) is 61.3. The molecular formula is C46H38N2. The minimum atomic E-state index is 1.17. The minimum Gasteiger partial charge on any atom is -0.309 e. The normalized spacial score (nSPS) is 11.3. The van der Waals surface area contributed by atoms with Crippen LogP contribution in [0.1, 0.15) is 26.7 Å². The summed E-state index contributed by atoms with van der Waals surface area (Å²) < 4.78 is 4.86. The van der Waals surface area contributed by atoms with E-state index < -0.39 is 0 Å². The van der Waals surface area contributed by atoms with E-state index >= 15 is 0 Å². The number of unbranched alkanes of at least 4 members (excludes halogenated alkanes) is 1. The third-order valence-electron chi connectivity index (χ3n) is 9.43. The number of aromatic nitrogens is 2. The molecule has 0 radical (unpaired) electrons. The quantitative estimate of drug-likeness (QED) is 0.182. The van der Waals surface area contributed by atoms with Crippen LogP contribution in [0.4, 0.5) is 0 Å². The Morgan fingerprint density at radius 2 is 0.812 bits per heavy atom. The fourth-order valence-electron chi connectivity index (χ4n) is 7.02. The van der Waals surface area contributed by atoms with E-state index in [1.54, 1.807) is 0 Å². The summed E-state index contributed by atoms with van der Waals surface area (Å²) in [6.45, 7) is 4.36. The van der Waals surface area contributed by atoms with Gasteiger partial charge in [-0.15, -0.1) is 0 Å². The second-order valence-corrected chi connectivity index (χ2v) is 12.4. The van der Waals surface area contributed by atoms with Gasteiger partial charge in [0.2, 0.25) is 0 Å².